The largest absolute Gasteiger partial charge is 0.490 e. The molecular formula is C27H24Cl2F3N3O4. The van der Waals surface area contributed by atoms with Gasteiger partial charge in [0.25, 0.3) is 0 Å². The van der Waals surface area contributed by atoms with E-state index in [1.165, 1.54) is 18.3 Å². The molecule has 2 amide bonds. The molecule has 0 aliphatic heterocycles. The number of hydrazone groups is 1. The molecule has 39 heavy (non-hydrogen) atoms. The summed E-state index contributed by atoms with van der Waals surface area (Å²) < 4.78 is 49.9. The molecule has 3 aromatic carbocycles. The van der Waals surface area contributed by atoms with Gasteiger partial charge in [-0.1, -0.05) is 35.3 Å². The normalized spacial score (nSPS) is 11.3. The van der Waals surface area contributed by atoms with Gasteiger partial charge in [0.15, 0.2) is 11.5 Å². The van der Waals surface area contributed by atoms with Crippen molar-refractivity contribution in [3.8, 4) is 11.5 Å². The number of ether oxygens (including phenoxy) is 2. The van der Waals surface area contributed by atoms with Crippen LogP contribution in [0.4, 0.5) is 18.9 Å². The molecule has 0 saturated heterocycles. The van der Waals surface area contributed by atoms with E-state index in [4.69, 9.17) is 32.7 Å². The standard InChI is InChI=1S/C27H24Cl2F3N3O4/c1-2-38-24-12-17(6-9-23(24)39-16-18-7-8-20(28)14-22(18)29)15-33-35-26(37)11-10-25(36)34-21-5-3-4-19(13-21)27(30,31)32/h3-9,12-15H,2,10-11,16H2,1H3,(H,34,36)(H,35,37). The number of hydrogen-bond acceptors (Lipinski definition) is 5. The molecule has 0 aliphatic rings. The molecule has 3 aromatic rings. The highest BCUT2D eigenvalue weighted by Gasteiger charge is 2.30. The van der Waals surface area contributed by atoms with Crippen molar-refractivity contribution in [1.29, 1.82) is 0 Å². The van der Waals surface area contributed by atoms with E-state index in [0.29, 0.717) is 33.7 Å². The lowest BCUT2D eigenvalue weighted by Crippen LogP contribution is -2.20. The van der Waals surface area contributed by atoms with Gasteiger partial charge in [-0.2, -0.15) is 18.3 Å². The molecule has 2 N–H and O–H groups in total. The first-order chi connectivity index (χ1) is 18.5. The lowest BCUT2D eigenvalue weighted by atomic mass is 10.2. The second-order valence-corrected chi connectivity index (χ2v) is 8.93. The molecular weight excluding hydrogens is 558 g/mol. The van der Waals surface area contributed by atoms with Crippen molar-refractivity contribution in [2.24, 2.45) is 5.10 Å². The number of rotatable bonds is 11. The maximum atomic E-state index is 12.8. The van der Waals surface area contributed by atoms with Gasteiger partial charge in [-0.05, 0) is 61.0 Å². The highest BCUT2D eigenvalue weighted by atomic mass is 35.5. The number of hydrogen-bond donors (Lipinski definition) is 2. The van der Waals surface area contributed by atoms with Crippen LogP contribution in [-0.4, -0.2) is 24.6 Å². The second-order valence-electron chi connectivity index (χ2n) is 8.08. The molecule has 0 heterocycles. The number of benzene rings is 3. The third kappa shape index (κ3) is 9.49. The summed E-state index contributed by atoms with van der Waals surface area (Å²) in [6.07, 6.45) is -3.59. The Balaban J connectivity index is 1.50. The Bertz CT molecular complexity index is 1350. The van der Waals surface area contributed by atoms with Crippen molar-refractivity contribution in [3.63, 3.8) is 0 Å². The molecule has 206 valence electrons. The highest BCUT2D eigenvalue weighted by molar-refractivity contribution is 6.35. The average Bonchev–Trinajstić information content (AvgIpc) is 2.88. The Morgan fingerprint density at radius 1 is 0.949 bits per heavy atom. The number of amides is 2. The third-order valence-electron chi connectivity index (χ3n) is 5.12. The second kappa shape index (κ2) is 13.9. The summed E-state index contributed by atoms with van der Waals surface area (Å²) in [4.78, 5) is 24.1. The zero-order valence-electron chi connectivity index (χ0n) is 20.6. The zero-order valence-corrected chi connectivity index (χ0v) is 22.2. The predicted octanol–water partition coefficient (Wildman–Crippen LogP) is 6.86. The first kappa shape index (κ1) is 29.8. The number of halogens is 5. The van der Waals surface area contributed by atoms with Crippen LogP contribution in [0.1, 0.15) is 36.5 Å². The minimum Gasteiger partial charge on any atom is -0.490 e. The number of alkyl halides is 3. The molecule has 0 spiro atoms. The van der Waals surface area contributed by atoms with Crippen LogP contribution in [0, 0.1) is 0 Å². The van der Waals surface area contributed by atoms with E-state index in [1.54, 1.807) is 36.4 Å². The van der Waals surface area contributed by atoms with Crippen molar-refractivity contribution in [2.75, 3.05) is 11.9 Å². The molecule has 12 heteroatoms. The van der Waals surface area contributed by atoms with Crippen LogP contribution in [0.2, 0.25) is 10.0 Å². The van der Waals surface area contributed by atoms with Gasteiger partial charge in [0.2, 0.25) is 11.8 Å². The molecule has 3 rings (SSSR count). The Morgan fingerprint density at radius 2 is 1.72 bits per heavy atom. The van der Waals surface area contributed by atoms with Crippen LogP contribution < -0.4 is 20.2 Å². The SMILES string of the molecule is CCOc1cc(C=NNC(=O)CCC(=O)Nc2cccc(C(F)(F)F)c2)ccc1OCc1ccc(Cl)cc1Cl. The quantitative estimate of drug-likeness (QED) is 0.191. The van der Waals surface area contributed by atoms with Gasteiger partial charge in [0, 0.05) is 34.1 Å². The number of nitrogens with one attached hydrogen (secondary N) is 2. The summed E-state index contributed by atoms with van der Waals surface area (Å²) in [7, 11) is 0. The van der Waals surface area contributed by atoms with Crippen molar-refractivity contribution >= 4 is 46.9 Å². The molecule has 0 aromatic heterocycles. The Labute approximate surface area is 232 Å². The van der Waals surface area contributed by atoms with Gasteiger partial charge in [-0.3, -0.25) is 9.59 Å². The fraction of sp³-hybridized carbons (Fsp3) is 0.222. The molecule has 0 radical (unpaired) electrons. The van der Waals surface area contributed by atoms with E-state index < -0.39 is 23.6 Å². The predicted molar refractivity (Wildman–Crippen MR) is 143 cm³/mol. The van der Waals surface area contributed by atoms with Gasteiger partial charge in [0.1, 0.15) is 6.61 Å². The minimum absolute atomic E-state index is 0.0120. The molecule has 0 aliphatic carbocycles. The monoisotopic (exact) mass is 581 g/mol. The Kier molecular flexibility index (Phi) is 10.6. The van der Waals surface area contributed by atoms with Crippen molar-refractivity contribution in [1.82, 2.24) is 5.43 Å². The summed E-state index contributed by atoms with van der Waals surface area (Å²) in [5.41, 5.74) is 2.77. The molecule has 0 bridgehead atoms. The van der Waals surface area contributed by atoms with Crippen LogP contribution in [0.3, 0.4) is 0 Å². The first-order valence-electron chi connectivity index (χ1n) is 11.7. The molecule has 0 saturated carbocycles. The van der Waals surface area contributed by atoms with Crippen LogP contribution in [0.15, 0.2) is 65.8 Å². The van der Waals surface area contributed by atoms with Crippen molar-refractivity contribution < 1.29 is 32.2 Å². The maximum Gasteiger partial charge on any atom is 0.416 e. The molecule has 0 fully saturated rings. The van der Waals surface area contributed by atoms with E-state index in [9.17, 15) is 22.8 Å². The smallest absolute Gasteiger partial charge is 0.416 e. The molecule has 0 unspecified atom stereocenters. The van der Waals surface area contributed by atoms with Crippen LogP contribution in [-0.2, 0) is 22.4 Å². The van der Waals surface area contributed by atoms with Crippen LogP contribution >= 0.6 is 23.2 Å². The first-order valence-corrected chi connectivity index (χ1v) is 12.4. The molecule has 0 atom stereocenters. The number of carbonyl (C=O) groups excluding carboxylic acids is 2. The summed E-state index contributed by atoms with van der Waals surface area (Å²) >= 11 is 12.1. The number of carbonyl (C=O) groups is 2. The van der Waals surface area contributed by atoms with Crippen molar-refractivity contribution in [3.05, 3.63) is 87.4 Å². The van der Waals surface area contributed by atoms with Gasteiger partial charge in [-0.25, -0.2) is 5.43 Å². The zero-order chi connectivity index (χ0) is 28.4. The third-order valence-corrected chi connectivity index (χ3v) is 5.71. The lowest BCUT2D eigenvalue weighted by Gasteiger charge is -2.13. The summed E-state index contributed by atoms with van der Waals surface area (Å²) in [5, 5.41) is 7.22. The maximum absolute atomic E-state index is 12.8. The summed E-state index contributed by atoms with van der Waals surface area (Å²) in [6.45, 7) is 2.41. The highest BCUT2D eigenvalue weighted by Crippen LogP contribution is 2.31. The lowest BCUT2D eigenvalue weighted by molar-refractivity contribution is -0.137. The number of anilines is 1. The van der Waals surface area contributed by atoms with E-state index in [2.05, 4.69) is 15.8 Å². The topological polar surface area (TPSA) is 89.0 Å². The summed E-state index contributed by atoms with van der Waals surface area (Å²) in [5.74, 6) is -0.208. The Morgan fingerprint density at radius 3 is 2.44 bits per heavy atom. The van der Waals surface area contributed by atoms with E-state index in [-0.39, 0.29) is 25.1 Å². The van der Waals surface area contributed by atoms with Crippen LogP contribution in [0.5, 0.6) is 11.5 Å². The van der Waals surface area contributed by atoms with Gasteiger partial charge >= 0.3 is 6.18 Å². The fourth-order valence-electron chi connectivity index (χ4n) is 3.25. The minimum atomic E-state index is -4.53. The molecule has 7 nitrogen and oxygen atoms in total. The summed E-state index contributed by atoms with van der Waals surface area (Å²) in [6, 6.07) is 14.4. The van der Waals surface area contributed by atoms with Gasteiger partial charge in [0.05, 0.1) is 18.4 Å². The van der Waals surface area contributed by atoms with Crippen LogP contribution in [0.25, 0.3) is 0 Å². The fourth-order valence-corrected chi connectivity index (χ4v) is 3.71. The van der Waals surface area contributed by atoms with Gasteiger partial charge in [-0.15, -0.1) is 0 Å². The Hall–Kier alpha value is -3.76. The van der Waals surface area contributed by atoms with E-state index >= 15 is 0 Å². The van der Waals surface area contributed by atoms with E-state index in [1.807, 2.05) is 6.92 Å². The van der Waals surface area contributed by atoms with Crippen molar-refractivity contribution in [2.45, 2.75) is 32.5 Å². The number of nitrogens with zero attached hydrogens (tertiary/aromatic N) is 1. The van der Waals surface area contributed by atoms with E-state index in [0.717, 1.165) is 17.7 Å². The van der Waals surface area contributed by atoms with Gasteiger partial charge < -0.3 is 14.8 Å². The average molecular weight is 582 g/mol.